The molecule has 2 heterocycles. The summed E-state index contributed by atoms with van der Waals surface area (Å²) in [6.45, 7) is 2.04. The minimum absolute atomic E-state index is 0.0510. The highest BCUT2D eigenvalue weighted by Gasteiger charge is 2.20. The summed E-state index contributed by atoms with van der Waals surface area (Å²) in [6, 6.07) is 7.47. The van der Waals surface area contributed by atoms with Gasteiger partial charge in [-0.15, -0.1) is 0 Å². The lowest BCUT2D eigenvalue weighted by atomic mass is 10.1. The molecule has 8 nitrogen and oxygen atoms in total. The quantitative estimate of drug-likeness (QED) is 0.696. The first-order valence-electron chi connectivity index (χ1n) is 8.42. The number of hydrogen-bond acceptors (Lipinski definition) is 5. The van der Waals surface area contributed by atoms with Gasteiger partial charge < -0.3 is 5.11 Å². The molecule has 0 atom stereocenters. The Balaban J connectivity index is 2.28. The minimum atomic E-state index is -0.678. The zero-order chi connectivity index (χ0) is 19.9. The summed E-state index contributed by atoms with van der Waals surface area (Å²) in [7, 11) is 4.19. The normalized spacial score (nSPS) is 11.6. The highest BCUT2D eigenvalue weighted by molar-refractivity contribution is 5.94. The largest absolute Gasteiger partial charge is 0.506 e. The number of hydrogen-bond donors (Lipinski definition) is 1. The van der Waals surface area contributed by atoms with Crippen molar-refractivity contribution in [2.45, 2.75) is 13.3 Å². The van der Waals surface area contributed by atoms with Gasteiger partial charge in [0.25, 0.3) is 11.1 Å². The van der Waals surface area contributed by atoms with Crippen LogP contribution in [0.4, 0.5) is 5.69 Å². The van der Waals surface area contributed by atoms with E-state index in [2.05, 4.69) is 4.99 Å². The molecule has 0 fully saturated rings. The van der Waals surface area contributed by atoms with Crippen molar-refractivity contribution in [1.82, 2.24) is 13.7 Å². The fraction of sp³-hybridized carbons (Fsp3) is 0.263. The Kier molecular flexibility index (Phi) is 4.57. The van der Waals surface area contributed by atoms with E-state index < -0.39 is 22.6 Å². The average molecular weight is 368 g/mol. The maximum Gasteiger partial charge on any atom is 0.332 e. The smallest absolute Gasteiger partial charge is 0.332 e. The Morgan fingerprint density at radius 1 is 0.963 bits per heavy atom. The molecule has 0 amide bonds. The van der Waals surface area contributed by atoms with Crippen LogP contribution in [0.2, 0.25) is 0 Å². The van der Waals surface area contributed by atoms with Crippen LogP contribution in [-0.4, -0.2) is 25.0 Å². The highest BCUT2D eigenvalue weighted by atomic mass is 16.3. The van der Waals surface area contributed by atoms with Gasteiger partial charge in [0, 0.05) is 27.4 Å². The molecule has 3 aromatic rings. The topological polar surface area (TPSA) is 98.6 Å². The van der Waals surface area contributed by atoms with E-state index in [1.807, 2.05) is 19.1 Å². The molecule has 0 unspecified atom stereocenters. The Morgan fingerprint density at radius 2 is 1.59 bits per heavy atom. The van der Waals surface area contributed by atoms with Gasteiger partial charge in [-0.1, -0.05) is 19.1 Å². The van der Waals surface area contributed by atoms with E-state index in [1.165, 1.54) is 31.9 Å². The summed E-state index contributed by atoms with van der Waals surface area (Å²) in [6.07, 6.45) is 2.14. The van der Waals surface area contributed by atoms with Crippen molar-refractivity contribution in [2.24, 2.45) is 26.1 Å². The van der Waals surface area contributed by atoms with Crippen molar-refractivity contribution in [3.8, 4) is 5.75 Å². The SMILES string of the molecule is CCc1ccc(N=Cc2c(O)c3c(=O)n(C)c(=O)n(C)c3n(C)c2=O)cc1. The molecule has 2 aromatic heterocycles. The number of aromatic nitrogens is 3. The van der Waals surface area contributed by atoms with E-state index in [0.29, 0.717) is 5.69 Å². The van der Waals surface area contributed by atoms with Crippen LogP contribution in [0.5, 0.6) is 5.75 Å². The van der Waals surface area contributed by atoms with E-state index in [-0.39, 0.29) is 16.6 Å². The van der Waals surface area contributed by atoms with Gasteiger partial charge in [-0.2, -0.15) is 0 Å². The summed E-state index contributed by atoms with van der Waals surface area (Å²) in [5, 5.41) is 10.5. The van der Waals surface area contributed by atoms with Gasteiger partial charge in [0.2, 0.25) is 0 Å². The lowest BCUT2D eigenvalue weighted by Gasteiger charge is -2.13. The lowest BCUT2D eigenvalue weighted by Crippen LogP contribution is -2.40. The predicted octanol–water partition coefficient (Wildman–Crippen LogP) is 0.954. The number of fused-ring (bicyclic) bond motifs is 1. The molecule has 0 saturated heterocycles. The zero-order valence-corrected chi connectivity index (χ0v) is 15.6. The molecular formula is C19H20N4O4. The first-order chi connectivity index (χ1) is 12.8. The molecule has 8 heteroatoms. The van der Waals surface area contributed by atoms with Gasteiger partial charge in [-0.25, -0.2) is 4.79 Å². The number of aliphatic imine (C=N–C) groups is 1. The van der Waals surface area contributed by atoms with Crippen LogP contribution in [0.15, 0.2) is 43.6 Å². The number of benzene rings is 1. The molecule has 0 aliphatic rings. The van der Waals surface area contributed by atoms with E-state index >= 15 is 0 Å². The Morgan fingerprint density at radius 3 is 2.19 bits per heavy atom. The number of rotatable bonds is 3. The zero-order valence-electron chi connectivity index (χ0n) is 15.6. The third-order valence-electron chi connectivity index (χ3n) is 4.67. The lowest BCUT2D eigenvalue weighted by molar-refractivity contribution is 0.476. The first kappa shape index (κ1) is 18.4. The Hall–Kier alpha value is -3.42. The van der Waals surface area contributed by atoms with Crippen molar-refractivity contribution in [3.63, 3.8) is 0 Å². The molecule has 0 aliphatic heterocycles. The minimum Gasteiger partial charge on any atom is -0.506 e. The second kappa shape index (κ2) is 6.71. The average Bonchev–Trinajstić information content (AvgIpc) is 2.67. The summed E-state index contributed by atoms with van der Waals surface area (Å²) >= 11 is 0. The van der Waals surface area contributed by atoms with Crippen LogP contribution >= 0.6 is 0 Å². The monoisotopic (exact) mass is 368 g/mol. The first-order valence-corrected chi connectivity index (χ1v) is 8.42. The second-order valence-electron chi connectivity index (χ2n) is 6.31. The van der Waals surface area contributed by atoms with Crippen LogP contribution in [0.25, 0.3) is 11.0 Å². The fourth-order valence-corrected chi connectivity index (χ4v) is 3.02. The maximum absolute atomic E-state index is 12.7. The van der Waals surface area contributed by atoms with Crippen LogP contribution in [0.1, 0.15) is 18.1 Å². The van der Waals surface area contributed by atoms with Crippen LogP contribution < -0.4 is 16.8 Å². The number of aromatic hydroxyl groups is 1. The van der Waals surface area contributed by atoms with Crippen LogP contribution in [0.3, 0.4) is 0 Å². The third kappa shape index (κ3) is 2.88. The van der Waals surface area contributed by atoms with Crippen molar-refractivity contribution in [2.75, 3.05) is 0 Å². The fourth-order valence-electron chi connectivity index (χ4n) is 3.02. The summed E-state index contributed by atoms with van der Waals surface area (Å²) in [5.74, 6) is -0.488. The summed E-state index contributed by atoms with van der Waals surface area (Å²) < 4.78 is 3.21. The van der Waals surface area contributed by atoms with Crippen molar-refractivity contribution in [3.05, 3.63) is 66.6 Å². The molecule has 1 N–H and O–H groups in total. The molecule has 0 saturated carbocycles. The van der Waals surface area contributed by atoms with Crippen LogP contribution in [0, 0.1) is 0 Å². The molecule has 0 spiro atoms. The van der Waals surface area contributed by atoms with E-state index in [4.69, 9.17) is 0 Å². The Bertz CT molecular complexity index is 1240. The van der Waals surface area contributed by atoms with Gasteiger partial charge >= 0.3 is 5.69 Å². The van der Waals surface area contributed by atoms with E-state index in [9.17, 15) is 19.5 Å². The van der Waals surface area contributed by atoms with Gasteiger partial charge in [-0.05, 0) is 24.1 Å². The Labute approximate surface area is 154 Å². The van der Waals surface area contributed by atoms with Crippen molar-refractivity contribution < 1.29 is 5.11 Å². The summed E-state index contributed by atoms with van der Waals surface area (Å²) in [4.78, 5) is 41.6. The third-order valence-corrected chi connectivity index (χ3v) is 4.67. The molecule has 3 rings (SSSR count). The molecular weight excluding hydrogens is 348 g/mol. The highest BCUT2D eigenvalue weighted by Crippen LogP contribution is 2.21. The van der Waals surface area contributed by atoms with E-state index in [0.717, 1.165) is 21.1 Å². The molecule has 0 bridgehead atoms. The van der Waals surface area contributed by atoms with Crippen molar-refractivity contribution >= 4 is 22.9 Å². The van der Waals surface area contributed by atoms with Crippen molar-refractivity contribution in [1.29, 1.82) is 0 Å². The second-order valence-corrected chi connectivity index (χ2v) is 6.31. The molecule has 140 valence electrons. The molecule has 0 aliphatic carbocycles. The van der Waals surface area contributed by atoms with Gasteiger partial charge in [0.1, 0.15) is 22.3 Å². The molecule has 27 heavy (non-hydrogen) atoms. The van der Waals surface area contributed by atoms with Crippen LogP contribution in [-0.2, 0) is 27.6 Å². The summed E-state index contributed by atoms with van der Waals surface area (Å²) in [5.41, 5.74) is -0.111. The predicted molar refractivity (Wildman–Crippen MR) is 104 cm³/mol. The van der Waals surface area contributed by atoms with Gasteiger partial charge in [0.15, 0.2) is 0 Å². The number of pyridine rings is 1. The number of nitrogens with zero attached hydrogens (tertiary/aromatic N) is 4. The standard InChI is InChI=1S/C19H20N4O4/c1-5-11-6-8-12(9-7-11)20-10-13-15(24)14-16(21(2)17(13)25)22(3)19(27)23(4)18(14)26/h6-10,24H,5H2,1-4H3. The van der Waals surface area contributed by atoms with Gasteiger partial charge in [0.05, 0.1) is 5.69 Å². The van der Waals surface area contributed by atoms with E-state index in [1.54, 1.807) is 12.1 Å². The van der Waals surface area contributed by atoms with Gasteiger partial charge in [-0.3, -0.25) is 28.3 Å². The maximum atomic E-state index is 12.7. The number of aryl methyl sites for hydroxylation is 3. The molecule has 1 aromatic carbocycles. The molecule has 0 radical (unpaired) electrons.